The highest BCUT2D eigenvalue weighted by molar-refractivity contribution is 7.86. The highest BCUT2D eigenvalue weighted by atomic mass is 32.2. The lowest BCUT2D eigenvalue weighted by Crippen LogP contribution is -2.46. The van der Waals surface area contributed by atoms with Gasteiger partial charge in [-0.05, 0) is 45.4 Å². The standard InChI is InChI=1S/C18H26N2OS/c1-4-5-8-17(3)19-12-14-20(15-13-19)22(21)18-9-6-7-16(2)10-11-18/h4-6,8-11H,7,12-15H2,1-3H3/b5-4-,17-8+. The Labute approximate surface area is 137 Å². The van der Waals surface area contributed by atoms with E-state index in [1.54, 1.807) is 0 Å². The van der Waals surface area contributed by atoms with Crippen molar-refractivity contribution in [2.24, 2.45) is 0 Å². The number of hydrogen-bond acceptors (Lipinski definition) is 2. The summed E-state index contributed by atoms with van der Waals surface area (Å²) < 4.78 is 14.8. The summed E-state index contributed by atoms with van der Waals surface area (Å²) in [7, 11) is -1.05. The van der Waals surface area contributed by atoms with Crippen molar-refractivity contribution >= 4 is 11.0 Å². The predicted octanol–water partition coefficient (Wildman–Crippen LogP) is 3.54. The van der Waals surface area contributed by atoms with Gasteiger partial charge in [-0.15, -0.1) is 0 Å². The van der Waals surface area contributed by atoms with Gasteiger partial charge in [-0.1, -0.05) is 29.9 Å². The number of rotatable bonds is 4. The van der Waals surface area contributed by atoms with Gasteiger partial charge in [0.15, 0.2) is 0 Å². The van der Waals surface area contributed by atoms with Gasteiger partial charge in [0.1, 0.15) is 11.0 Å². The minimum Gasteiger partial charge on any atom is -0.372 e. The average molecular weight is 318 g/mol. The van der Waals surface area contributed by atoms with Gasteiger partial charge in [-0.3, -0.25) is 0 Å². The highest BCUT2D eigenvalue weighted by Crippen LogP contribution is 2.18. The molecule has 3 nitrogen and oxygen atoms in total. The summed E-state index contributed by atoms with van der Waals surface area (Å²) in [4.78, 5) is 3.26. The Kier molecular flexibility index (Phi) is 6.40. The molecule has 120 valence electrons. The van der Waals surface area contributed by atoms with Crippen LogP contribution in [0.25, 0.3) is 0 Å². The first-order valence-electron chi connectivity index (χ1n) is 7.87. The van der Waals surface area contributed by atoms with Crippen molar-refractivity contribution in [3.8, 4) is 0 Å². The second-order valence-electron chi connectivity index (χ2n) is 5.69. The van der Waals surface area contributed by atoms with E-state index in [0.29, 0.717) is 0 Å². The van der Waals surface area contributed by atoms with Crippen LogP contribution in [0.15, 0.2) is 58.7 Å². The zero-order valence-electron chi connectivity index (χ0n) is 13.8. The maximum Gasteiger partial charge on any atom is 0.127 e. The van der Waals surface area contributed by atoms with Gasteiger partial charge in [-0.2, -0.15) is 0 Å². The van der Waals surface area contributed by atoms with Crippen LogP contribution in [0.5, 0.6) is 0 Å². The summed E-state index contributed by atoms with van der Waals surface area (Å²) in [6, 6.07) is 0. The number of nitrogens with zero attached hydrogens (tertiary/aromatic N) is 2. The Balaban J connectivity index is 1.95. The van der Waals surface area contributed by atoms with Gasteiger partial charge < -0.3 is 4.90 Å². The molecule has 1 heterocycles. The van der Waals surface area contributed by atoms with E-state index in [9.17, 15) is 4.21 Å². The van der Waals surface area contributed by atoms with Gasteiger partial charge in [0.05, 0.1) is 4.91 Å². The van der Waals surface area contributed by atoms with Crippen molar-refractivity contribution in [3.05, 3.63) is 58.7 Å². The molecule has 1 aliphatic carbocycles. The minimum atomic E-state index is -1.05. The van der Waals surface area contributed by atoms with E-state index >= 15 is 0 Å². The second-order valence-corrected chi connectivity index (χ2v) is 7.17. The van der Waals surface area contributed by atoms with Crippen molar-refractivity contribution in [2.45, 2.75) is 27.2 Å². The van der Waals surface area contributed by atoms with Crippen LogP contribution in [0.1, 0.15) is 27.2 Å². The first kappa shape index (κ1) is 17.0. The van der Waals surface area contributed by atoms with Crippen molar-refractivity contribution in [1.82, 2.24) is 9.21 Å². The van der Waals surface area contributed by atoms with Crippen LogP contribution >= 0.6 is 0 Å². The molecule has 0 N–H and O–H groups in total. The summed E-state index contributed by atoms with van der Waals surface area (Å²) in [5.74, 6) is 0. The Morgan fingerprint density at radius 1 is 1.23 bits per heavy atom. The molecule has 1 fully saturated rings. The molecule has 0 saturated carbocycles. The lowest BCUT2D eigenvalue weighted by atomic mass is 10.2. The molecule has 1 saturated heterocycles. The molecular formula is C18H26N2OS. The van der Waals surface area contributed by atoms with Crippen molar-refractivity contribution in [2.75, 3.05) is 26.2 Å². The maximum absolute atomic E-state index is 12.7. The average Bonchev–Trinajstić information content (AvgIpc) is 2.76. The summed E-state index contributed by atoms with van der Waals surface area (Å²) in [5.41, 5.74) is 2.58. The molecule has 0 aromatic heterocycles. The SMILES string of the molecule is C/C=C\C=C(/C)N1CCN(S(=O)C2=CC=C(C)CC=C2)CC1. The third-order valence-corrected chi connectivity index (χ3v) is 5.47. The fourth-order valence-electron chi connectivity index (χ4n) is 2.52. The monoisotopic (exact) mass is 318 g/mol. The zero-order chi connectivity index (χ0) is 15.9. The molecule has 0 bridgehead atoms. The molecule has 1 aliphatic heterocycles. The van der Waals surface area contributed by atoms with Crippen LogP contribution in [-0.2, 0) is 11.0 Å². The van der Waals surface area contributed by atoms with Crippen molar-refractivity contribution in [1.29, 1.82) is 0 Å². The first-order chi connectivity index (χ1) is 10.6. The highest BCUT2D eigenvalue weighted by Gasteiger charge is 2.22. The van der Waals surface area contributed by atoms with Gasteiger partial charge in [0.2, 0.25) is 0 Å². The molecule has 2 rings (SSSR count). The lowest BCUT2D eigenvalue weighted by molar-refractivity contribution is 0.236. The zero-order valence-corrected chi connectivity index (χ0v) is 14.6. The van der Waals surface area contributed by atoms with E-state index in [0.717, 1.165) is 37.5 Å². The number of piperazine rings is 1. The molecule has 0 spiro atoms. The lowest BCUT2D eigenvalue weighted by Gasteiger charge is -2.35. The molecular weight excluding hydrogens is 292 g/mol. The normalized spacial score (nSPS) is 22.5. The Morgan fingerprint density at radius 2 is 1.95 bits per heavy atom. The third kappa shape index (κ3) is 4.55. The Morgan fingerprint density at radius 3 is 2.64 bits per heavy atom. The van der Waals surface area contributed by atoms with Crippen LogP contribution in [-0.4, -0.2) is 39.6 Å². The number of allylic oxidation sites excluding steroid dienone is 9. The molecule has 0 aromatic rings. The molecule has 0 amide bonds. The quantitative estimate of drug-likeness (QED) is 0.740. The maximum atomic E-state index is 12.7. The molecule has 0 aromatic carbocycles. The molecule has 0 radical (unpaired) electrons. The van der Waals surface area contributed by atoms with Gasteiger partial charge >= 0.3 is 0 Å². The van der Waals surface area contributed by atoms with Gasteiger partial charge in [0, 0.05) is 31.9 Å². The van der Waals surface area contributed by atoms with Crippen LogP contribution in [0, 0.1) is 0 Å². The van der Waals surface area contributed by atoms with Gasteiger partial charge in [0.25, 0.3) is 0 Å². The van der Waals surface area contributed by atoms with E-state index in [-0.39, 0.29) is 0 Å². The smallest absolute Gasteiger partial charge is 0.127 e. The predicted molar refractivity (Wildman–Crippen MR) is 95.5 cm³/mol. The fraction of sp³-hybridized carbons (Fsp3) is 0.444. The summed E-state index contributed by atoms with van der Waals surface area (Å²) in [6.07, 6.45) is 15.4. The van der Waals surface area contributed by atoms with Crippen molar-refractivity contribution < 1.29 is 4.21 Å². The molecule has 2 aliphatic rings. The molecule has 4 heteroatoms. The van der Waals surface area contributed by atoms with Crippen LogP contribution in [0.4, 0.5) is 0 Å². The van der Waals surface area contributed by atoms with Crippen LogP contribution in [0.2, 0.25) is 0 Å². The van der Waals surface area contributed by atoms with Crippen LogP contribution in [0.3, 0.4) is 0 Å². The Bertz CT molecular complexity index is 562. The molecule has 1 unspecified atom stereocenters. The summed E-state index contributed by atoms with van der Waals surface area (Å²) in [5, 5.41) is 0. The number of hydrogen-bond donors (Lipinski definition) is 0. The van der Waals surface area contributed by atoms with Crippen molar-refractivity contribution in [3.63, 3.8) is 0 Å². The van der Waals surface area contributed by atoms with E-state index in [2.05, 4.69) is 47.4 Å². The first-order valence-corrected chi connectivity index (χ1v) is 8.98. The second kappa shape index (κ2) is 8.30. The minimum absolute atomic E-state index is 0.835. The largest absolute Gasteiger partial charge is 0.372 e. The van der Waals surface area contributed by atoms with E-state index in [1.807, 2.05) is 25.2 Å². The topological polar surface area (TPSA) is 23.6 Å². The Hall–Kier alpha value is -1.39. The summed E-state index contributed by atoms with van der Waals surface area (Å²) >= 11 is 0. The van der Waals surface area contributed by atoms with E-state index < -0.39 is 11.0 Å². The van der Waals surface area contributed by atoms with Crippen LogP contribution < -0.4 is 0 Å². The molecule has 1 atom stereocenters. The third-order valence-electron chi connectivity index (χ3n) is 3.96. The van der Waals surface area contributed by atoms with E-state index in [4.69, 9.17) is 0 Å². The fourth-order valence-corrected chi connectivity index (χ4v) is 3.71. The van der Waals surface area contributed by atoms with Gasteiger partial charge in [-0.25, -0.2) is 8.51 Å². The summed E-state index contributed by atoms with van der Waals surface area (Å²) in [6.45, 7) is 9.79. The van der Waals surface area contributed by atoms with E-state index in [1.165, 1.54) is 11.3 Å². The molecule has 22 heavy (non-hydrogen) atoms.